The number of rotatable bonds is 6. The van der Waals surface area contributed by atoms with Gasteiger partial charge in [0, 0.05) is 23.6 Å². The maximum atomic E-state index is 11.7. The van der Waals surface area contributed by atoms with Gasteiger partial charge < -0.3 is 20.2 Å². The topological polar surface area (TPSA) is 77.5 Å². The molecule has 0 radical (unpaired) electrons. The number of hydrogen-bond donors (Lipinski definition) is 2. The fraction of sp³-hybridized carbons (Fsp3) is 0.357. The van der Waals surface area contributed by atoms with Crippen LogP contribution in [0.2, 0.25) is 0 Å². The number of fused-ring (bicyclic) bond motifs is 1. The minimum atomic E-state index is -0.0213. The van der Waals surface area contributed by atoms with E-state index in [-0.39, 0.29) is 18.3 Å². The van der Waals surface area contributed by atoms with Crippen LogP contribution < -0.4 is 15.8 Å². The number of benzene rings is 1. The van der Waals surface area contributed by atoms with Gasteiger partial charge in [-0.25, -0.2) is 0 Å². The molecule has 20 heavy (non-hydrogen) atoms. The highest BCUT2D eigenvalue weighted by Crippen LogP contribution is 2.25. The molecule has 1 aromatic carbocycles. The molecular weight excluding hydrogens is 280 g/mol. The Morgan fingerprint density at radius 2 is 2.25 bits per heavy atom. The molecule has 0 atom stereocenters. The number of nitrogens with two attached hydrogens (primary N) is 1. The van der Waals surface area contributed by atoms with E-state index in [1.807, 2.05) is 18.2 Å². The number of nitrogens with one attached hydrogen (secondary N) is 1. The van der Waals surface area contributed by atoms with Crippen molar-refractivity contribution in [3.8, 4) is 5.75 Å². The van der Waals surface area contributed by atoms with Gasteiger partial charge in [0.05, 0.1) is 19.8 Å². The molecule has 1 amide bonds. The van der Waals surface area contributed by atoms with Gasteiger partial charge in [-0.05, 0) is 25.1 Å². The predicted octanol–water partition coefficient (Wildman–Crippen LogP) is 1.87. The molecule has 0 aliphatic heterocycles. The number of carbonyl (C=O) groups is 1. The summed E-state index contributed by atoms with van der Waals surface area (Å²) in [6.07, 6.45) is 2.71. The molecule has 6 heteroatoms. The average Bonchev–Trinajstić information content (AvgIpc) is 2.81. The standard InChI is InChI=1S/C14H18N2O3.ClH/c1-18-11-3-4-12-10(9-19-13(12)8-11)7-14(17)16-6-2-5-15;/h3-4,8-9H,2,5-7,15H2,1H3,(H,16,17);1H. The number of amides is 1. The summed E-state index contributed by atoms with van der Waals surface area (Å²) in [7, 11) is 1.61. The molecule has 0 saturated carbocycles. The van der Waals surface area contributed by atoms with Crippen LogP contribution in [0.3, 0.4) is 0 Å². The molecule has 0 saturated heterocycles. The fourth-order valence-corrected chi connectivity index (χ4v) is 1.89. The van der Waals surface area contributed by atoms with E-state index in [1.54, 1.807) is 13.4 Å². The number of carbonyl (C=O) groups excluding carboxylic acids is 1. The maximum absolute atomic E-state index is 11.7. The van der Waals surface area contributed by atoms with Crippen molar-refractivity contribution in [3.63, 3.8) is 0 Å². The Morgan fingerprint density at radius 3 is 2.95 bits per heavy atom. The summed E-state index contributed by atoms with van der Waals surface area (Å²) < 4.78 is 10.6. The van der Waals surface area contributed by atoms with E-state index in [0.717, 1.165) is 28.7 Å². The van der Waals surface area contributed by atoms with Crippen molar-refractivity contribution in [1.29, 1.82) is 0 Å². The summed E-state index contributed by atoms with van der Waals surface area (Å²) in [5, 5.41) is 3.76. The third-order valence-corrected chi connectivity index (χ3v) is 2.92. The highest BCUT2D eigenvalue weighted by atomic mass is 35.5. The summed E-state index contributed by atoms with van der Waals surface area (Å²) in [5.74, 6) is 0.716. The Labute approximate surface area is 123 Å². The molecule has 0 fully saturated rings. The van der Waals surface area contributed by atoms with Crippen LogP contribution >= 0.6 is 12.4 Å². The second-order valence-corrected chi connectivity index (χ2v) is 4.29. The van der Waals surface area contributed by atoms with Crippen LogP contribution in [-0.2, 0) is 11.2 Å². The number of hydrogen-bond acceptors (Lipinski definition) is 4. The number of furan rings is 1. The first kappa shape index (κ1) is 16.3. The van der Waals surface area contributed by atoms with Crippen LogP contribution in [0.5, 0.6) is 5.75 Å². The van der Waals surface area contributed by atoms with Crippen molar-refractivity contribution in [3.05, 3.63) is 30.0 Å². The number of ether oxygens (including phenoxy) is 1. The minimum absolute atomic E-state index is 0. The highest BCUT2D eigenvalue weighted by Gasteiger charge is 2.10. The van der Waals surface area contributed by atoms with E-state index in [2.05, 4.69) is 5.32 Å². The van der Waals surface area contributed by atoms with Gasteiger partial charge in [0.25, 0.3) is 0 Å². The van der Waals surface area contributed by atoms with Gasteiger partial charge in [0.15, 0.2) is 0 Å². The SMILES string of the molecule is COc1ccc2c(CC(=O)NCCCN)coc2c1.Cl. The van der Waals surface area contributed by atoms with Gasteiger partial charge in [0.2, 0.25) is 5.91 Å². The lowest BCUT2D eigenvalue weighted by molar-refractivity contribution is -0.120. The zero-order valence-electron chi connectivity index (χ0n) is 11.3. The minimum Gasteiger partial charge on any atom is -0.497 e. The average molecular weight is 299 g/mol. The first-order valence-electron chi connectivity index (χ1n) is 6.25. The predicted molar refractivity (Wildman–Crippen MR) is 80.4 cm³/mol. The zero-order chi connectivity index (χ0) is 13.7. The smallest absolute Gasteiger partial charge is 0.224 e. The summed E-state index contributed by atoms with van der Waals surface area (Å²) in [6.45, 7) is 1.19. The fourth-order valence-electron chi connectivity index (χ4n) is 1.89. The molecule has 1 aromatic heterocycles. The van der Waals surface area contributed by atoms with E-state index < -0.39 is 0 Å². The van der Waals surface area contributed by atoms with Crippen LogP contribution in [0.4, 0.5) is 0 Å². The van der Waals surface area contributed by atoms with Gasteiger partial charge in [-0.1, -0.05) is 0 Å². The van der Waals surface area contributed by atoms with Gasteiger partial charge >= 0.3 is 0 Å². The second-order valence-electron chi connectivity index (χ2n) is 4.29. The van der Waals surface area contributed by atoms with Gasteiger partial charge in [0.1, 0.15) is 11.3 Å². The molecule has 0 aliphatic carbocycles. The van der Waals surface area contributed by atoms with Crippen LogP contribution in [0.15, 0.2) is 28.9 Å². The second kappa shape index (κ2) is 7.77. The molecule has 2 rings (SSSR count). The van der Waals surface area contributed by atoms with Gasteiger partial charge in [-0.3, -0.25) is 4.79 Å². The van der Waals surface area contributed by atoms with Crippen LogP contribution in [0.1, 0.15) is 12.0 Å². The van der Waals surface area contributed by atoms with Crippen molar-refractivity contribution >= 4 is 29.3 Å². The summed E-state index contributed by atoms with van der Waals surface area (Å²) in [4.78, 5) is 11.7. The lowest BCUT2D eigenvalue weighted by Gasteiger charge is -2.03. The van der Waals surface area contributed by atoms with Crippen LogP contribution in [-0.4, -0.2) is 26.1 Å². The molecule has 3 N–H and O–H groups in total. The zero-order valence-corrected chi connectivity index (χ0v) is 12.2. The van der Waals surface area contributed by atoms with Crippen molar-refractivity contribution in [2.45, 2.75) is 12.8 Å². The summed E-state index contributed by atoms with van der Waals surface area (Å²) in [5.41, 5.74) is 6.98. The normalized spacial score (nSPS) is 10.1. The molecule has 110 valence electrons. The third-order valence-electron chi connectivity index (χ3n) is 2.92. The van der Waals surface area contributed by atoms with Crippen molar-refractivity contribution in [2.75, 3.05) is 20.2 Å². The van der Waals surface area contributed by atoms with Crippen molar-refractivity contribution < 1.29 is 13.9 Å². The van der Waals surface area contributed by atoms with Crippen LogP contribution in [0, 0.1) is 0 Å². The maximum Gasteiger partial charge on any atom is 0.224 e. The van der Waals surface area contributed by atoms with E-state index in [1.165, 1.54) is 0 Å². The lowest BCUT2D eigenvalue weighted by Crippen LogP contribution is -2.27. The van der Waals surface area contributed by atoms with Crippen molar-refractivity contribution in [1.82, 2.24) is 5.32 Å². The molecule has 2 aromatic rings. The lowest BCUT2D eigenvalue weighted by atomic mass is 10.1. The Morgan fingerprint density at radius 1 is 1.45 bits per heavy atom. The summed E-state index contributed by atoms with van der Waals surface area (Å²) >= 11 is 0. The van der Waals surface area contributed by atoms with E-state index in [0.29, 0.717) is 19.5 Å². The Kier molecular flexibility index (Phi) is 6.35. The first-order valence-corrected chi connectivity index (χ1v) is 6.25. The quantitative estimate of drug-likeness (QED) is 0.798. The monoisotopic (exact) mass is 298 g/mol. The molecule has 5 nitrogen and oxygen atoms in total. The van der Waals surface area contributed by atoms with E-state index in [9.17, 15) is 4.79 Å². The summed E-state index contributed by atoms with van der Waals surface area (Å²) in [6, 6.07) is 5.57. The van der Waals surface area contributed by atoms with E-state index in [4.69, 9.17) is 14.9 Å². The number of methoxy groups -OCH3 is 1. The molecular formula is C14H19ClN2O3. The van der Waals surface area contributed by atoms with E-state index >= 15 is 0 Å². The molecule has 0 bridgehead atoms. The molecule has 1 heterocycles. The molecule has 0 unspecified atom stereocenters. The van der Waals surface area contributed by atoms with Crippen molar-refractivity contribution in [2.24, 2.45) is 5.73 Å². The molecule has 0 aliphatic rings. The largest absolute Gasteiger partial charge is 0.497 e. The molecule has 0 spiro atoms. The van der Waals surface area contributed by atoms with Gasteiger partial charge in [-0.15, -0.1) is 12.4 Å². The third kappa shape index (κ3) is 3.88. The Bertz CT molecular complexity index is 569. The Hall–Kier alpha value is -1.72. The van der Waals surface area contributed by atoms with Gasteiger partial charge in [-0.2, -0.15) is 0 Å². The Balaban J connectivity index is 0.00000200. The van der Waals surface area contributed by atoms with Crippen LogP contribution in [0.25, 0.3) is 11.0 Å². The number of halogens is 1. The first-order chi connectivity index (χ1) is 9.24. The highest BCUT2D eigenvalue weighted by molar-refractivity contribution is 5.88.